The van der Waals surface area contributed by atoms with Crippen molar-refractivity contribution in [3.63, 3.8) is 0 Å². The maximum atomic E-state index is 2.23. The molecule has 0 spiro atoms. The molecule has 0 aliphatic rings. The molecule has 0 radical (unpaired) electrons. The van der Waals surface area contributed by atoms with E-state index in [0.29, 0.717) is 0 Å². The lowest BCUT2D eigenvalue weighted by Crippen LogP contribution is -2.12. The van der Waals surface area contributed by atoms with Crippen molar-refractivity contribution in [2.45, 2.75) is 52.9 Å². The van der Waals surface area contributed by atoms with E-state index in [0.717, 1.165) is 0 Å². The van der Waals surface area contributed by atoms with Crippen molar-refractivity contribution in [1.29, 1.82) is 0 Å². The van der Waals surface area contributed by atoms with Crippen LogP contribution in [0.15, 0.2) is 0 Å². The van der Waals surface area contributed by atoms with Crippen molar-refractivity contribution in [2.24, 2.45) is 0 Å². The zero-order chi connectivity index (χ0) is 9.82. The van der Waals surface area contributed by atoms with Crippen molar-refractivity contribution < 1.29 is 0 Å². The second-order valence-corrected chi connectivity index (χ2v) is 3.51. The third-order valence-corrected chi connectivity index (χ3v) is 1.71. The minimum atomic E-state index is 1.24. The van der Waals surface area contributed by atoms with Gasteiger partial charge in [-0.15, -0.1) is 0 Å². The topological polar surface area (TPSA) is 3.24 Å². The van der Waals surface area contributed by atoms with Crippen LogP contribution < -0.4 is 0 Å². The molecule has 0 heterocycles. The summed E-state index contributed by atoms with van der Waals surface area (Å²) in [5.74, 6) is 0. The maximum Gasteiger partial charge on any atom is -0.00248 e. The van der Waals surface area contributed by atoms with Gasteiger partial charge >= 0.3 is 0 Å². The molecule has 0 aromatic heterocycles. The molecule has 0 saturated carbocycles. The first-order valence-electron chi connectivity index (χ1n) is 5.33. The van der Waals surface area contributed by atoms with E-state index in [1.165, 1.54) is 38.6 Å². The molecule has 0 unspecified atom stereocenters. The number of hydrogen-bond donors (Lipinski definition) is 0. The van der Waals surface area contributed by atoms with Gasteiger partial charge in [-0.3, -0.25) is 0 Å². The van der Waals surface area contributed by atoms with Crippen LogP contribution in [-0.2, 0) is 0 Å². The van der Waals surface area contributed by atoms with Gasteiger partial charge in [-0.25, -0.2) is 0 Å². The molecular weight excluding hydrogens is 146 g/mol. The Morgan fingerprint density at radius 2 is 1.25 bits per heavy atom. The summed E-state index contributed by atoms with van der Waals surface area (Å²) in [6.07, 6.45) is 6.69. The monoisotopic (exact) mass is 173 g/mol. The Hall–Kier alpha value is -0.0400. The van der Waals surface area contributed by atoms with E-state index in [9.17, 15) is 0 Å². The molecule has 0 aromatic rings. The zero-order valence-electron chi connectivity index (χ0n) is 9.69. The average Bonchev–Trinajstić information content (AvgIpc) is 2.05. The summed E-state index contributed by atoms with van der Waals surface area (Å²) in [4.78, 5) is 2.23. The molecule has 12 heavy (non-hydrogen) atoms. The molecule has 76 valence electrons. The van der Waals surface area contributed by atoms with Gasteiger partial charge in [-0.05, 0) is 27.1 Å². The highest BCUT2D eigenvalue weighted by atomic mass is 15.0. The van der Waals surface area contributed by atoms with E-state index in [4.69, 9.17) is 0 Å². The fourth-order valence-corrected chi connectivity index (χ4v) is 0.678. The molecule has 0 amide bonds. The van der Waals surface area contributed by atoms with Crippen LogP contribution in [0.3, 0.4) is 0 Å². The second kappa shape index (κ2) is 13.5. The van der Waals surface area contributed by atoms with Crippen LogP contribution in [0.5, 0.6) is 0 Å². The molecule has 0 fully saturated rings. The second-order valence-electron chi connectivity index (χ2n) is 3.51. The van der Waals surface area contributed by atoms with Crippen molar-refractivity contribution in [2.75, 3.05) is 20.6 Å². The number of nitrogens with zero attached hydrogens (tertiary/aromatic N) is 1. The van der Waals surface area contributed by atoms with Crippen molar-refractivity contribution in [3.05, 3.63) is 0 Å². The minimum absolute atomic E-state index is 1.24. The first-order chi connectivity index (χ1) is 5.68. The molecule has 0 rings (SSSR count). The lowest BCUT2D eigenvalue weighted by atomic mass is 10.2. The van der Waals surface area contributed by atoms with Gasteiger partial charge in [0, 0.05) is 0 Å². The van der Waals surface area contributed by atoms with E-state index in [1.807, 2.05) is 0 Å². The standard InChI is InChI=1S/C7H17N.C4H10/c1-4-5-6-7-8(2)3;1-3-4-2/h4-7H2,1-3H3;3-4H2,1-2H3. The maximum absolute atomic E-state index is 2.23. The zero-order valence-corrected chi connectivity index (χ0v) is 9.69. The van der Waals surface area contributed by atoms with Crippen LogP contribution in [-0.4, -0.2) is 25.5 Å². The van der Waals surface area contributed by atoms with Crippen molar-refractivity contribution in [3.8, 4) is 0 Å². The van der Waals surface area contributed by atoms with Crippen LogP contribution in [0.25, 0.3) is 0 Å². The highest BCUT2D eigenvalue weighted by Gasteiger charge is 1.86. The van der Waals surface area contributed by atoms with Crippen LogP contribution >= 0.6 is 0 Å². The summed E-state index contributed by atoms with van der Waals surface area (Å²) in [5, 5.41) is 0. The fourth-order valence-electron chi connectivity index (χ4n) is 0.678. The van der Waals surface area contributed by atoms with Gasteiger partial charge < -0.3 is 4.90 Å². The summed E-state index contributed by atoms with van der Waals surface area (Å²) in [7, 11) is 4.24. The molecule has 1 nitrogen and oxygen atoms in total. The van der Waals surface area contributed by atoms with Gasteiger partial charge in [0.1, 0.15) is 0 Å². The van der Waals surface area contributed by atoms with E-state index in [-0.39, 0.29) is 0 Å². The fraction of sp³-hybridized carbons (Fsp3) is 1.00. The Morgan fingerprint density at radius 1 is 0.750 bits per heavy atom. The van der Waals surface area contributed by atoms with E-state index in [1.54, 1.807) is 0 Å². The molecular formula is C11H27N. The number of unbranched alkanes of at least 4 members (excludes halogenated alkanes) is 3. The van der Waals surface area contributed by atoms with Gasteiger partial charge in [-0.2, -0.15) is 0 Å². The number of hydrogen-bond acceptors (Lipinski definition) is 1. The quantitative estimate of drug-likeness (QED) is 0.575. The van der Waals surface area contributed by atoms with Crippen LogP contribution in [0.2, 0.25) is 0 Å². The predicted molar refractivity (Wildman–Crippen MR) is 58.7 cm³/mol. The van der Waals surface area contributed by atoms with Crippen LogP contribution in [0, 0.1) is 0 Å². The Kier molecular flexibility index (Phi) is 16.3. The third kappa shape index (κ3) is 22.5. The van der Waals surface area contributed by atoms with Crippen LogP contribution in [0.4, 0.5) is 0 Å². The summed E-state index contributed by atoms with van der Waals surface area (Å²) in [5.41, 5.74) is 0. The lowest BCUT2D eigenvalue weighted by Gasteiger charge is -2.06. The minimum Gasteiger partial charge on any atom is -0.309 e. The third-order valence-electron chi connectivity index (χ3n) is 1.71. The summed E-state index contributed by atoms with van der Waals surface area (Å²) in [6.45, 7) is 7.84. The van der Waals surface area contributed by atoms with Gasteiger partial charge in [0.2, 0.25) is 0 Å². The first-order valence-corrected chi connectivity index (χ1v) is 5.33. The normalized spacial score (nSPS) is 9.50. The van der Waals surface area contributed by atoms with Crippen LogP contribution in [0.1, 0.15) is 52.9 Å². The van der Waals surface area contributed by atoms with Crippen molar-refractivity contribution in [1.82, 2.24) is 4.90 Å². The first kappa shape index (κ1) is 14.5. The summed E-state index contributed by atoms with van der Waals surface area (Å²) >= 11 is 0. The van der Waals surface area contributed by atoms with E-state index in [2.05, 4.69) is 39.8 Å². The molecule has 1 heteroatoms. The van der Waals surface area contributed by atoms with E-state index >= 15 is 0 Å². The molecule has 0 saturated heterocycles. The largest absolute Gasteiger partial charge is 0.309 e. The highest BCUT2D eigenvalue weighted by Crippen LogP contribution is 1.93. The molecule has 0 N–H and O–H groups in total. The molecule has 0 aromatic carbocycles. The molecule has 0 aliphatic carbocycles. The Labute approximate surface area is 79.2 Å². The lowest BCUT2D eigenvalue weighted by molar-refractivity contribution is 0.393. The van der Waals surface area contributed by atoms with Gasteiger partial charge in [0.05, 0.1) is 0 Å². The van der Waals surface area contributed by atoms with E-state index < -0.39 is 0 Å². The Balaban J connectivity index is 0. The smallest absolute Gasteiger partial charge is 0.00248 e. The predicted octanol–water partition coefficient (Wildman–Crippen LogP) is 3.54. The SMILES string of the molecule is CCCC.CCCCCN(C)C. The summed E-state index contributed by atoms with van der Waals surface area (Å²) < 4.78 is 0. The number of rotatable bonds is 5. The van der Waals surface area contributed by atoms with Gasteiger partial charge in [-0.1, -0.05) is 46.5 Å². The summed E-state index contributed by atoms with van der Waals surface area (Å²) in [6, 6.07) is 0. The van der Waals surface area contributed by atoms with Gasteiger partial charge in [0.15, 0.2) is 0 Å². The Bertz CT molecular complexity index is 58.0. The van der Waals surface area contributed by atoms with Gasteiger partial charge in [0.25, 0.3) is 0 Å². The molecule has 0 atom stereocenters. The molecule has 0 bridgehead atoms. The average molecular weight is 173 g/mol. The molecule has 0 aliphatic heterocycles. The van der Waals surface area contributed by atoms with Crippen molar-refractivity contribution >= 4 is 0 Å². The Morgan fingerprint density at radius 3 is 1.50 bits per heavy atom. The highest BCUT2D eigenvalue weighted by molar-refractivity contribution is 4.42.